The van der Waals surface area contributed by atoms with Gasteiger partial charge in [0.2, 0.25) is 0 Å². The Morgan fingerprint density at radius 1 is 1.18 bits per heavy atom. The minimum Gasteiger partial charge on any atom is -0.479 e. The molecule has 1 aromatic heterocycles. The molecule has 2 aliphatic rings. The third-order valence-corrected chi connectivity index (χ3v) is 7.29. The molecule has 1 N–H and O–H groups in total. The van der Waals surface area contributed by atoms with Crippen LogP contribution in [0, 0.1) is 0 Å². The molecule has 0 bridgehead atoms. The van der Waals surface area contributed by atoms with Crippen LogP contribution in [-0.2, 0) is 23.9 Å². The van der Waals surface area contributed by atoms with Crippen LogP contribution in [0.25, 0.3) is 0 Å². The van der Waals surface area contributed by atoms with Crippen molar-refractivity contribution in [3.8, 4) is 0 Å². The number of anilines is 2. The topological polar surface area (TPSA) is 137 Å². The van der Waals surface area contributed by atoms with Gasteiger partial charge in [0.05, 0.1) is 35.5 Å². The number of ether oxygens (including phenoxy) is 2. The lowest BCUT2D eigenvalue weighted by Gasteiger charge is -2.34. The van der Waals surface area contributed by atoms with Crippen LogP contribution in [0.1, 0.15) is 9.67 Å². The van der Waals surface area contributed by atoms with Crippen LogP contribution in [0.15, 0.2) is 36.4 Å². The Balaban J connectivity index is 0.00000420. The van der Waals surface area contributed by atoms with Gasteiger partial charge >= 0.3 is 12.1 Å². The van der Waals surface area contributed by atoms with E-state index in [1.165, 1.54) is 29.0 Å². The molecule has 4 rings (SSSR count). The Bertz CT molecular complexity index is 1230. The van der Waals surface area contributed by atoms with Crippen LogP contribution in [0.2, 0.25) is 4.34 Å². The highest BCUT2D eigenvalue weighted by Crippen LogP contribution is 2.28. The average molecular weight is 601 g/mol. The minimum absolute atomic E-state index is 0. The maximum absolute atomic E-state index is 13.4. The highest BCUT2D eigenvalue weighted by molar-refractivity contribution is 7.18. The van der Waals surface area contributed by atoms with Crippen LogP contribution in [0.5, 0.6) is 0 Å². The number of likely N-dealkylation sites (N-methyl/N-ethyl adjacent to an activating group) is 1. The molecular formula is C24H26Cl2N4O8S. The molecule has 2 saturated heterocycles. The number of rotatable bonds is 10. The van der Waals surface area contributed by atoms with Crippen molar-refractivity contribution in [3.05, 3.63) is 45.6 Å². The first-order valence-electron chi connectivity index (χ1n) is 11.6. The van der Waals surface area contributed by atoms with Crippen LogP contribution in [0.4, 0.5) is 16.2 Å². The second-order valence-electron chi connectivity index (χ2n) is 8.61. The first kappa shape index (κ1) is 30.3. The van der Waals surface area contributed by atoms with Crippen LogP contribution < -0.4 is 9.80 Å². The number of cyclic esters (lactones) is 1. The maximum Gasteiger partial charge on any atom is 0.414 e. The van der Waals surface area contributed by atoms with Crippen molar-refractivity contribution < 1.29 is 38.6 Å². The highest BCUT2D eigenvalue weighted by atomic mass is 35.5. The summed E-state index contributed by atoms with van der Waals surface area (Å²) in [6, 6.07) is 9.78. The van der Waals surface area contributed by atoms with Crippen LogP contribution >= 0.6 is 35.3 Å². The molecule has 39 heavy (non-hydrogen) atoms. The van der Waals surface area contributed by atoms with E-state index in [2.05, 4.69) is 0 Å². The van der Waals surface area contributed by atoms with Gasteiger partial charge in [0.1, 0.15) is 19.0 Å². The summed E-state index contributed by atoms with van der Waals surface area (Å²) < 4.78 is 11.0. The molecule has 0 saturated carbocycles. The SMILES string of the molecule is CN(CC=O)C(C(=O)O)N(C[C@H]1CN(c2ccc(N3CCOCC3=O)cc2)C(=O)O1)C(=O)c1ccc(Cl)s1.Cl. The molecule has 1 unspecified atom stereocenters. The highest BCUT2D eigenvalue weighted by Gasteiger charge is 2.40. The van der Waals surface area contributed by atoms with E-state index >= 15 is 0 Å². The number of nitrogens with zero attached hydrogens (tertiary/aromatic N) is 4. The summed E-state index contributed by atoms with van der Waals surface area (Å²) >= 11 is 6.97. The third-order valence-electron chi connectivity index (χ3n) is 6.07. The van der Waals surface area contributed by atoms with E-state index in [9.17, 15) is 29.1 Å². The summed E-state index contributed by atoms with van der Waals surface area (Å²) in [6.07, 6.45) is -2.48. The van der Waals surface area contributed by atoms with Gasteiger partial charge in [-0.3, -0.25) is 19.4 Å². The summed E-state index contributed by atoms with van der Waals surface area (Å²) in [5.74, 6) is -2.13. The summed E-state index contributed by atoms with van der Waals surface area (Å²) in [5.41, 5.74) is 1.18. The maximum atomic E-state index is 13.4. The number of carboxylic acids is 1. The van der Waals surface area contributed by atoms with E-state index in [-0.39, 0.29) is 49.4 Å². The molecule has 2 fully saturated rings. The number of amides is 3. The second-order valence-corrected chi connectivity index (χ2v) is 10.3. The molecule has 3 heterocycles. The predicted octanol–water partition coefficient (Wildman–Crippen LogP) is 2.20. The molecule has 2 aliphatic heterocycles. The lowest BCUT2D eigenvalue weighted by molar-refractivity contribution is -0.149. The lowest BCUT2D eigenvalue weighted by Crippen LogP contribution is -2.56. The zero-order valence-corrected chi connectivity index (χ0v) is 23.1. The Morgan fingerprint density at radius 2 is 1.85 bits per heavy atom. The zero-order valence-electron chi connectivity index (χ0n) is 20.7. The van der Waals surface area contributed by atoms with Crippen molar-refractivity contribution >= 4 is 76.9 Å². The molecular weight excluding hydrogens is 575 g/mol. The van der Waals surface area contributed by atoms with Gasteiger partial charge in [-0.05, 0) is 43.4 Å². The first-order chi connectivity index (χ1) is 18.2. The number of hydrogen-bond donors (Lipinski definition) is 1. The molecule has 12 nitrogen and oxygen atoms in total. The van der Waals surface area contributed by atoms with E-state index in [0.717, 1.165) is 16.2 Å². The Hall–Kier alpha value is -3.23. The van der Waals surface area contributed by atoms with Crippen molar-refractivity contribution in [3.63, 3.8) is 0 Å². The first-order valence-corrected chi connectivity index (χ1v) is 12.8. The molecule has 15 heteroatoms. The standard InChI is InChI=1S/C24H25ClN4O8S.ClH/c1-26(8-10-30)21(23(33)34)29(22(32)18-6-7-19(25)38-18)13-17-12-28(24(35)37-17)16-4-2-15(3-5-16)27-9-11-36-14-20(27)31;/h2-7,10,17,21H,8-9,11-14H2,1H3,(H,33,34);1H/t17-,21?;/m1./s1. The molecule has 0 radical (unpaired) electrons. The summed E-state index contributed by atoms with van der Waals surface area (Å²) in [6.45, 7) is 0.438. The second kappa shape index (κ2) is 13.2. The van der Waals surface area contributed by atoms with Crippen molar-refractivity contribution in [1.82, 2.24) is 9.80 Å². The fraction of sp³-hybridized carbons (Fsp3) is 0.375. The number of aliphatic carboxylic acids is 1. The number of morpholine rings is 1. The number of carboxylic acid groups (broad SMARTS) is 1. The number of aldehydes is 1. The van der Waals surface area contributed by atoms with Gasteiger partial charge in [-0.1, -0.05) is 11.6 Å². The fourth-order valence-corrected chi connectivity index (χ4v) is 5.29. The predicted molar refractivity (Wildman–Crippen MR) is 145 cm³/mol. The van der Waals surface area contributed by atoms with Crippen molar-refractivity contribution in [1.29, 1.82) is 0 Å². The van der Waals surface area contributed by atoms with E-state index in [1.807, 2.05) is 0 Å². The number of hydrogen-bond acceptors (Lipinski definition) is 9. The quantitative estimate of drug-likeness (QED) is 0.321. The molecule has 2 aromatic rings. The Kier molecular flexibility index (Phi) is 10.3. The van der Waals surface area contributed by atoms with Crippen molar-refractivity contribution in [2.75, 3.05) is 56.2 Å². The zero-order chi connectivity index (χ0) is 27.4. The van der Waals surface area contributed by atoms with Crippen molar-refractivity contribution in [2.24, 2.45) is 0 Å². The Labute approximate surface area is 239 Å². The van der Waals surface area contributed by atoms with Gasteiger partial charge in [0.15, 0.2) is 6.17 Å². The van der Waals surface area contributed by atoms with E-state index in [0.29, 0.717) is 35.1 Å². The smallest absolute Gasteiger partial charge is 0.414 e. The third kappa shape index (κ3) is 6.86. The summed E-state index contributed by atoms with van der Waals surface area (Å²) in [7, 11) is 1.41. The molecule has 3 amide bonds. The number of halogens is 2. The summed E-state index contributed by atoms with van der Waals surface area (Å²) in [4.78, 5) is 66.9. The number of carbonyl (C=O) groups is 5. The minimum atomic E-state index is -1.49. The molecule has 0 aliphatic carbocycles. The van der Waals surface area contributed by atoms with E-state index in [1.54, 1.807) is 29.2 Å². The fourth-order valence-electron chi connectivity index (χ4n) is 4.29. The normalized spacial score (nSPS) is 18.0. The lowest BCUT2D eigenvalue weighted by atomic mass is 10.2. The monoisotopic (exact) mass is 600 g/mol. The van der Waals surface area contributed by atoms with Gasteiger partial charge in [0, 0.05) is 17.9 Å². The van der Waals surface area contributed by atoms with Gasteiger partial charge in [0.25, 0.3) is 11.8 Å². The molecule has 2 atom stereocenters. The number of benzene rings is 1. The van der Waals surface area contributed by atoms with Gasteiger partial charge < -0.3 is 29.2 Å². The van der Waals surface area contributed by atoms with Gasteiger partial charge in [-0.2, -0.15) is 0 Å². The largest absolute Gasteiger partial charge is 0.479 e. The molecule has 210 valence electrons. The van der Waals surface area contributed by atoms with Crippen LogP contribution in [-0.4, -0.2) is 104 Å². The van der Waals surface area contributed by atoms with Crippen LogP contribution in [0.3, 0.4) is 0 Å². The molecule has 1 aromatic carbocycles. The van der Waals surface area contributed by atoms with E-state index < -0.39 is 30.2 Å². The Morgan fingerprint density at radius 3 is 2.41 bits per heavy atom. The molecule has 0 spiro atoms. The van der Waals surface area contributed by atoms with Gasteiger partial charge in [-0.15, -0.1) is 23.7 Å². The number of thiophene rings is 1. The summed E-state index contributed by atoms with van der Waals surface area (Å²) in [5, 5.41) is 9.92. The van der Waals surface area contributed by atoms with Gasteiger partial charge in [-0.25, -0.2) is 9.59 Å². The van der Waals surface area contributed by atoms with E-state index in [4.69, 9.17) is 21.1 Å². The van der Waals surface area contributed by atoms with Crippen molar-refractivity contribution in [2.45, 2.75) is 12.3 Å². The number of carbonyl (C=O) groups excluding carboxylic acids is 4. The average Bonchev–Trinajstić information content (AvgIpc) is 3.48.